The largest absolute Gasteiger partial charge is 0.393 e. The minimum absolute atomic E-state index is 0.0602. The Kier molecular flexibility index (Phi) is 14.3. The average Bonchev–Trinajstić information content (AvgIpc) is 2.40. The molecule has 0 amide bonds. The summed E-state index contributed by atoms with van der Waals surface area (Å²) in [6.07, 6.45) is 15.0. The van der Waals surface area contributed by atoms with Crippen molar-refractivity contribution >= 4 is 0 Å². The normalized spacial score (nSPS) is 14.5. The van der Waals surface area contributed by atoms with Crippen LogP contribution in [-0.4, -0.2) is 22.4 Å². The van der Waals surface area contributed by atoms with E-state index in [1.165, 1.54) is 51.4 Å². The second kappa shape index (κ2) is 14.3. The van der Waals surface area contributed by atoms with Crippen LogP contribution in [0, 0.1) is 0 Å². The maximum Gasteiger partial charge on any atom is 0.0540 e. The van der Waals surface area contributed by atoms with Gasteiger partial charge in [0, 0.05) is 0 Å². The monoisotopic (exact) mass is 272 g/mol. The first-order chi connectivity index (χ1) is 9.20. The molecule has 0 aromatic carbocycles. The van der Waals surface area contributed by atoms with E-state index in [2.05, 4.69) is 6.92 Å². The van der Waals surface area contributed by atoms with Crippen molar-refractivity contribution in [2.45, 2.75) is 110 Å². The highest BCUT2D eigenvalue weighted by molar-refractivity contribution is 4.56. The first-order valence-corrected chi connectivity index (χ1v) is 8.56. The fourth-order valence-electron chi connectivity index (χ4n) is 2.50. The predicted molar refractivity (Wildman–Crippen MR) is 83.4 cm³/mol. The van der Waals surface area contributed by atoms with Crippen LogP contribution in [0.25, 0.3) is 0 Å². The van der Waals surface area contributed by atoms with Crippen LogP contribution in [0.1, 0.15) is 97.3 Å². The third-order valence-electron chi connectivity index (χ3n) is 3.92. The van der Waals surface area contributed by atoms with Gasteiger partial charge in [-0.05, 0) is 25.7 Å². The van der Waals surface area contributed by atoms with E-state index in [9.17, 15) is 10.2 Å². The molecule has 0 heterocycles. The van der Waals surface area contributed by atoms with Crippen molar-refractivity contribution in [1.29, 1.82) is 0 Å². The van der Waals surface area contributed by atoms with Gasteiger partial charge in [0.15, 0.2) is 0 Å². The summed E-state index contributed by atoms with van der Waals surface area (Å²) in [5.74, 6) is 0. The molecule has 2 unspecified atom stereocenters. The quantitative estimate of drug-likeness (QED) is 0.445. The molecule has 2 nitrogen and oxygen atoms in total. The Balaban J connectivity index is 3.07. The molecule has 116 valence electrons. The minimum Gasteiger partial charge on any atom is -0.393 e. The molecular weight excluding hydrogens is 236 g/mol. The molecule has 0 fully saturated rings. The van der Waals surface area contributed by atoms with Crippen molar-refractivity contribution in [3.05, 3.63) is 0 Å². The SMILES string of the molecule is CCCC(O)CCCCCCCCCCC(O)CC. The highest BCUT2D eigenvalue weighted by Gasteiger charge is 2.02. The average molecular weight is 272 g/mol. The van der Waals surface area contributed by atoms with Gasteiger partial charge in [0.1, 0.15) is 0 Å². The summed E-state index contributed by atoms with van der Waals surface area (Å²) in [5.41, 5.74) is 0. The van der Waals surface area contributed by atoms with E-state index in [1.54, 1.807) is 0 Å². The number of aliphatic hydroxyl groups is 2. The van der Waals surface area contributed by atoms with Crippen LogP contribution in [0.5, 0.6) is 0 Å². The van der Waals surface area contributed by atoms with Gasteiger partial charge in [-0.2, -0.15) is 0 Å². The molecule has 0 rings (SSSR count). The maximum atomic E-state index is 9.59. The lowest BCUT2D eigenvalue weighted by molar-refractivity contribution is 0.150. The zero-order valence-corrected chi connectivity index (χ0v) is 13.2. The molecule has 0 saturated heterocycles. The molecular formula is C17H36O2. The van der Waals surface area contributed by atoms with Gasteiger partial charge in [0.25, 0.3) is 0 Å². The molecule has 2 heteroatoms. The molecule has 0 spiro atoms. The summed E-state index contributed by atoms with van der Waals surface area (Å²) in [6, 6.07) is 0. The van der Waals surface area contributed by atoms with Gasteiger partial charge < -0.3 is 10.2 Å². The third-order valence-corrected chi connectivity index (χ3v) is 3.92. The molecule has 0 aromatic rings. The third kappa shape index (κ3) is 14.1. The van der Waals surface area contributed by atoms with E-state index in [1.807, 2.05) is 6.92 Å². The zero-order chi connectivity index (χ0) is 14.3. The summed E-state index contributed by atoms with van der Waals surface area (Å²) >= 11 is 0. The van der Waals surface area contributed by atoms with E-state index in [0.29, 0.717) is 0 Å². The Hall–Kier alpha value is -0.0800. The Morgan fingerprint density at radius 3 is 1.42 bits per heavy atom. The Bertz CT molecular complexity index is 171. The van der Waals surface area contributed by atoms with Crippen molar-refractivity contribution in [2.75, 3.05) is 0 Å². The number of rotatable bonds is 14. The smallest absolute Gasteiger partial charge is 0.0540 e. The number of unbranched alkanes of at least 4 members (excludes halogenated alkanes) is 7. The lowest BCUT2D eigenvalue weighted by atomic mass is 10.0. The van der Waals surface area contributed by atoms with E-state index in [0.717, 1.165) is 32.1 Å². The molecule has 0 radical (unpaired) electrons. The summed E-state index contributed by atoms with van der Waals surface area (Å²) in [4.78, 5) is 0. The first-order valence-electron chi connectivity index (χ1n) is 8.56. The lowest BCUT2D eigenvalue weighted by Gasteiger charge is -2.08. The predicted octanol–water partition coefficient (Wildman–Crippen LogP) is 4.82. The van der Waals surface area contributed by atoms with Crippen LogP contribution in [0.2, 0.25) is 0 Å². The Morgan fingerprint density at radius 2 is 1.00 bits per heavy atom. The zero-order valence-electron chi connectivity index (χ0n) is 13.2. The highest BCUT2D eigenvalue weighted by atomic mass is 16.3. The van der Waals surface area contributed by atoms with E-state index >= 15 is 0 Å². The summed E-state index contributed by atoms with van der Waals surface area (Å²) in [6.45, 7) is 4.17. The fourth-order valence-corrected chi connectivity index (χ4v) is 2.50. The minimum atomic E-state index is -0.0745. The van der Waals surface area contributed by atoms with Gasteiger partial charge in [0.2, 0.25) is 0 Å². The van der Waals surface area contributed by atoms with Crippen molar-refractivity contribution in [1.82, 2.24) is 0 Å². The molecule has 0 saturated carbocycles. The highest BCUT2D eigenvalue weighted by Crippen LogP contribution is 2.13. The molecule has 0 bridgehead atoms. The van der Waals surface area contributed by atoms with E-state index < -0.39 is 0 Å². The molecule has 0 aliphatic rings. The maximum absolute atomic E-state index is 9.59. The number of hydrogen-bond donors (Lipinski definition) is 2. The van der Waals surface area contributed by atoms with Crippen LogP contribution in [0.3, 0.4) is 0 Å². The van der Waals surface area contributed by atoms with Gasteiger partial charge in [-0.1, -0.05) is 71.6 Å². The van der Waals surface area contributed by atoms with Crippen molar-refractivity contribution < 1.29 is 10.2 Å². The molecule has 0 aliphatic heterocycles. The number of hydrogen-bond acceptors (Lipinski definition) is 2. The molecule has 19 heavy (non-hydrogen) atoms. The van der Waals surface area contributed by atoms with E-state index in [-0.39, 0.29) is 12.2 Å². The van der Waals surface area contributed by atoms with Gasteiger partial charge in [-0.3, -0.25) is 0 Å². The first kappa shape index (κ1) is 18.9. The second-order valence-corrected chi connectivity index (χ2v) is 5.91. The van der Waals surface area contributed by atoms with Gasteiger partial charge in [0.05, 0.1) is 12.2 Å². The van der Waals surface area contributed by atoms with Crippen molar-refractivity contribution in [3.63, 3.8) is 0 Å². The molecule has 0 aromatic heterocycles. The van der Waals surface area contributed by atoms with Crippen LogP contribution < -0.4 is 0 Å². The molecule has 2 atom stereocenters. The Labute approximate surface area is 120 Å². The summed E-state index contributed by atoms with van der Waals surface area (Å²) in [5, 5.41) is 19.0. The topological polar surface area (TPSA) is 40.5 Å². The van der Waals surface area contributed by atoms with Gasteiger partial charge in [-0.25, -0.2) is 0 Å². The van der Waals surface area contributed by atoms with Crippen molar-refractivity contribution in [3.8, 4) is 0 Å². The molecule has 2 N–H and O–H groups in total. The second-order valence-electron chi connectivity index (χ2n) is 5.91. The van der Waals surface area contributed by atoms with E-state index in [4.69, 9.17) is 0 Å². The van der Waals surface area contributed by atoms with Crippen LogP contribution in [0.15, 0.2) is 0 Å². The fraction of sp³-hybridized carbons (Fsp3) is 1.00. The number of aliphatic hydroxyl groups excluding tert-OH is 2. The van der Waals surface area contributed by atoms with Crippen LogP contribution in [0.4, 0.5) is 0 Å². The Morgan fingerprint density at radius 1 is 0.579 bits per heavy atom. The van der Waals surface area contributed by atoms with Gasteiger partial charge >= 0.3 is 0 Å². The summed E-state index contributed by atoms with van der Waals surface area (Å²) in [7, 11) is 0. The molecule has 0 aliphatic carbocycles. The van der Waals surface area contributed by atoms with Gasteiger partial charge in [-0.15, -0.1) is 0 Å². The standard InChI is InChI=1S/C17H36O2/c1-3-13-17(19)15-12-10-8-6-5-7-9-11-14-16(18)4-2/h16-19H,3-15H2,1-2H3. The van der Waals surface area contributed by atoms with Crippen LogP contribution >= 0.6 is 0 Å². The van der Waals surface area contributed by atoms with Crippen molar-refractivity contribution in [2.24, 2.45) is 0 Å². The summed E-state index contributed by atoms with van der Waals surface area (Å²) < 4.78 is 0. The lowest BCUT2D eigenvalue weighted by Crippen LogP contribution is -2.04. The van der Waals surface area contributed by atoms with Crippen LogP contribution in [-0.2, 0) is 0 Å².